The van der Waals surface area contributed by atoms with Crippen LogP contribution in [0.2, 0.25) is 0 Å². The molecule has 90 valence electrons. The SMILES string of the molecule is CO.Oc1ccc(O[C@@H]2CCCCO2)cc1. The van der Waals surface area contributed by atoms with E-state index in [1.165, 1.54) is 0 Å². The van der Waals surface area contributed by atoms with Gasteiger partial charge in [-0.25, -0.2) is 0 Å². The van der Waals surface area contributed by atoms with Gasteiger partial charge in [0.05, 0.1) is 6.61 Å². The summed E-state index contributed by atoms with van der Waals surface area (Å²) in [5.41, 5.74) is 0. The maximum atomic E-state index is 9.08. The number of phenolic OH excluding ortho intramolecular Hbond substituents is 1. The molecule has 0 unspecified atom stereocenters. The van der Waals surface area contributed by atoms with Crippen LogP contribution in [-0.4, -0.2) is 30.2 Å². The van der Waals surface area contributed by atoms with Gasteiger partial charge >= 0.3 is 0 Å². The van der Waals surface area contributed by atoms with Crippen LogP contribution in [0, 0.1) is 0 Å². The summed E-state index contributed by atoms with van der Waals surface area (Å²) in [6.07, 6.45) is 3.10. The molecule has 4 heteroatoms. The van der Waals surface area contributed by atoms with Crippen LogP contribution in [0.1, 0.15) is 19.3 Å². The number of hydrogen-bond donors (Lipinski definition) is 2. The summed E-state index contributed by atoms with van der Waals surface area (Å²) < 4.78 is 11.0. The lowest BCUT2D eigenvalue weighted by molar-refractivity contribution is -0.105. The van der Waals surface area contributed by atoms with Crippen LogP contribution < -0.4 is 4.74 Å². The van der Waals surface area contributed by atoms with Crippen molar-refractivity contribution in [2.24, 2.45) is 0 Å². The molecule has 0 spiro atoms. The van der Waals surface area contributed by atoms with Crippen LogP contribution in [-0.2, 0) is 4.74 Å². The lowest BCUT2D eigenvalue weighted by atomic mass is 10.2. The summed E-state index contributed by atoms with van der Waals surface area (Å²) in [5.74, 6) is 0.997. The predicted molar refractivity (Wildman–Crippen MR) is 60.5 cm³/mol. The Labute approximate surface area is 95.4 Å². The first-order valence-corrected chi connectivity index (χ1v) is 5.36. The van der Waals surface area contributed by atoms with Crippen molar-refractivity contribution in [2.75, 3.05) is 13.7 Å². The molecule has 1 aliphatic rings. The van der Waals surface area contributed by atoms with E-state index in [9.17, 15) is 0 Å². The van der Waals surface area contributed by atoms with Crippen LogP contribution in [0.3, 0.4) is 0 Å². The highest BCUT2D eigenvalue weighted by Gasteiger charge is 2.14. The fourth-order valence-corrected chi connectivity index (χ4v) is 1.48. The van der Waals surface area contributed by atoms with E-state index in [-0.39, 0.29) is 12.0 Å². The van der Waals surface area contributed by atoms with Crippen LogP contribution in [0.15, 0.2) is 24.3 Å². The molecule has 1 aliphatic heterocycles. The highest BCUT2D eigenvalue weighted by molar-refractivity contribution is 5.30. The van der Waals surface area contributed by atoms with Gasteiger partial charge < -0.3 is 19.7 Å². The molecule has 0 bridgehead atoms. The Morgan fingerprint density at radius 1 is 1.19 bits per heavy atom. The van der Waals surface area contributed by atoms with Gasteiger partial charge in [0.25, 0.3) is 0 Å². The van der Waals surface area contributed by atoms with E-state index >= 15 is 0 Å². The van der Waals surface area contributed by atoms with E-state index in [4.69, 9.17) is 19.7 Å². The molecule has 1 saturated heterocycles. The third-order valence-corrected chi connectivity index (χ3v) is 2.24. The van der Waals surface area contributed by atoms with E-state index < -0.39 is 0 Å². The molecule has 0 aromatic heterocycles. The minimum Gasteiger partial charge on any atom is -0.508 e. The van der Waals surface area contributed by atoms with Crippen molar-refractivity contribution in [2.45, 2.75) is 25.6 Å². The molecule has 1 fully saturated rings. The van der Waals surface area contributed by atoms with Crippen LogP contribution >= 0.6 is 0 Å². The van der Waals surface area contributed by atoms with Gasteiger partial charge in [-0.05, 0) is 37.1 Å². The fourth-order valence-electron chi connectivity index (χ4n) is 1.48. The molecule has 4 nitrogen and oxygen atoms in total. The largest absolute Gasteiger partial charge is 0.508 e. The van der Waals surface area contributed by atoms with Gasteiger partial charge in [-0.1, -0.05) is 0 Å². The van der Waals surface area contributed by atoms with Gasteiger partial charge in [0, 0.05) is 13.5 Å². The molecule has 0 radical (unpaired) electrons. The number of rotatable bonds is 2. The Balaban J connectivity index is 0.000000606. The van der Waals surface area contributed by atoms with Crippen LogP contribution in [0.5, 0.6) is 11.5 Å². The molecular weight excluding hydrogens is 208 g/mol. The summed E-state index contributed by atoms with van der Waals surface area (Å²) in [7, 11) is 1.00. The molecule has 2 rings (SSSR count). The lowest BCUT2D eigenvalue weighted by Gasteiger charge is -2.23. The molecule has 16 heavy (non-hydrogen) atoms. The van der Waals surface area contributed by atoms with E-state index in [1.54, 1.807) is 24.3 Å². The molecule has 1 heterocycles. The standard InChI is InChI=1S/C11H14O3.CH4O/c12-9-4-6-10(7-5-9)14-11-3-1-2-8-13-11;1-2/h4-7,11-12H,1-3,8H2;2H,1H3/t11-;/m1./s1. The smallest absolute Gasteiger partial charge is 0.199 e. The van der Waals surface area contributed by atoms with Crippen molar-refractivity contribution >= 4 is 0 Å². The molecule has 1 aromatic rings. The maximum Gasteiger partial charge on any atom is 0.199 e. The Morgan fingerprint density at radius 2 is 1.88 bits per heavy atom. The van der Waals surface area contributed by atoms with Gasteiger partial charge in [0.2, 0.25) is 0 Å². The Morgan fingerprint density at radius 3 is 2.44 bits per heavy atom. The van der Waals surface area contributed by atoms with E-state index in [2.05, 4.69) is 0 Å². The van der Waals surface area contributed by atoms with Crippen LogP contribution in [0.25, 0.3) is 0 Å². The van der Waals surface area contributed by atoms with Crippen molar-refractivity contribution in [3.63, 3.8) is 0 Å². The minimum absolute atomic E-state index is 0.117. The highest BCUT2D eigenvalue weighted by atomic mass is 16.7. The third kappa shape index (κ3) is 4.08. The van der Waals surface area contributed by atoms with Gasteiger partial charge in [-0.15, -0.1) is 0 Å². The Hall–Kier alpha value is -1.26. The second kappa shape index (κ2) is 7.09. The quantitative estimate of drug-likeness (QED) is 0.808. The summed E-state index contributed by atoms with van der Waals surface area (Å²) >= 11 is 0. The van der Waals surface area contributed by atoms with Crippen molar-refractivity contribution in [1.82, 2.24) is 0 Å². The van der Waals surface area contributed by atoms with Gasteiger partial charge in [-0.3, -0.25) is 0 Å². The summed E-state index contributed by atoms with van der Waals surface area (Å²) in [6, 6.07) is 6.71. The van der Waals surface area contributed by atoms with Crippen molar-refractivity contribution in [1.29, 1.82) is 0 Å². The number of aliphatic hydroxyl groups excluding tert-OH is 1. The number of benzene rings is 1. The number of ether oxygens (including phenoxy) is 2. The number of aliphatic hydroxyl groups is 1. The lowest BCUT2D eigenvalue weighted by Crippen LogP contribution is -2.24. The first kappa shape index (κ1) is 12.8. The number of hydrogen-bond acceptors (Lipinski definition) is 4. The van der Waals surface area contributed by atoms with E-state index in [0.717, 1.165) is 38.7 Å². The summed E-state index contributed by atoms with van der Waals surface area (Å²) in [6.45, 7) is 0.781. The molecule has 0 aliphatic carbocycles. The van der Waals surface area contributed by atoms with E-state index in [0.29, 0.717) is 0 Å². The Kier molecular flexibility index (Phi) is 5.67. The average Bonchev–Trinajstić information content (AvgIpc) is 2.36. The minimum atomic E-state index is -0.117. The zero-order valence-corrected chi connectivity index (χ0v) is 9.43. The Bertz CT molecular complexity index is 278. The zero-order valence-electron chi connectivity index (χ0n) is 9.43. The molecule has 0 amide bonds. The monoisotopic (exact) mass is 226 g/mol. The molecule has 1 aromatic carbocycles. The number of aromatic hydroxyl groups is 1. The molecule has 2 N–H and O–H groups in total. The first-order chi connectivity index (χ1) is 7.84. The van der Waals surface area contributed by atoms with Crippen molar-refractivity contribution in [3.05, 3.63) is 24.3 Å². The summed E-state index contributed by atoms with van der Waals surface area (Å²) in [4.78, 5) is 0. The number of phenols is 1. The maximum absolute atomic E-state index is 9.08. The predicted octanol–water partition coefficient (Wildman–Crippen LogP) is 1.91. The van der Waals surface area contributed by atoms with Crippen molar-refractivity contribution in [3.8, 4) is 11.5 Å². The van der Waals surface area contributed by atoms with Gasteiger partial charge in [0.1, 0.15) is 11.5 Å². The molecular formula is C12H18O4. The third-order valence-electron chi connectivity index (χ3n) is 2.24. The molecule has 0 saturated carbocycles. The first-order valence-electron chi connectivity index (χ1n) is 5.36. The van der Waals surface area contributed by atoms with Gasteiger partial charge in [0.15, 0.2) is 6.29 Å². The highest BCUT2D eigenvalue weighted by Crippen LogP contribution is 2.21. The van der Waals surface area contributed by atoms with E-state index in [1.807, 2.05) is 0 Å². The topological polar surface area (TPSA) is 58.9 Å². The second-order valence-corrected chi connectivity index (χ2v) is 3.41. The second-order valence-electron chi connectivity index (χ2n) is 3.41. The normalized spacial score (nSPS) is 19.5. The summed E-state index contributed by atoms with van der Waals surface area (Å²) in [5, 5.41) is 16.1. The van der Waals surface area contributed by atoms with Gasteiger partial charge in [-0.2, -0.15) is 0 Å². The fraction of sp³-hybridized carbons (Fsp3) is 0.500. The molecule has 1 atom stereocenters. The zero-order chi connectivity index (χ0) is 11.8. The van der Waals surface area contributed by atoms with Crippen molar-refractivity contribution < 1.29 is 19.7 Å². The average molecular weight is 226 g/mol. The van der Waals surface area contributed by atoms with Crippen LogP contribution in [0.4, 0.5) is 0 Å².